The van der Waals surface area contributed by atoms with Gasteiger partial charge in [0.25, 0.3) is 0 Å². The Labute approximate surface area is 150 Å². The molecule has 0 aromatic heterocycles. The molecule has 1 aromatic carbocycles. The van der Waals surface area contributed by atoms with Crippen LogP contribution in [0.3, 0.4) is 0 Å². The first-order valence-corrected chi connectivity index (χ1v) is 8.40. The zero-order valence-electron chi connectivity index (χ0n) is 13.7. The molecule has 0 radical (unpaired) electrons. The van der Waals surface area contributed by atoms with Crippen LogP contribution in [0.4, 0.5) is 5.69 Å². The minimum atomic E-state index is -0.522. The number of nitrogens with zero attached hydrogens (tertiary/aromatic N) is 2. The van der Waals surface area contributed by atoms with Crippen LogP contribution in [0.5, 0.6) is 0 Å². The zero-order valence-corrected chi connectivity index (χ0v) is 15.2. The molecule has 1 amide bonds. The van der Waals surface area contributed by atoms with Crippen molar-refractivity contribution >= 4 is 46.7 Å². The van der Waals surface area contributed by atoms with Gasteiger partial charge in [0.1, 0.15) is 0 Å². The van der Waals surface area contributed by atoms with Crippen LogP contribution in [0.25, 0.3) is 0 Å². The van der Waals surface area contributed by atoms with Crippen molar-refractivity contribution in [2.24, 2.45) is 10.9 Å². The van der Waals surface area contributed by atoms with Gasteiger partial charge in [-0.1, -0.05) is 37.0 Å². The molecule has 0 saturated carbocycles. The summed E-state index contributed by atoms with van der Waals surface area (Å²) in [6.45, 7) is 6.71. The molecule has 130 valence electrons. The van der Waals surface area contributed by atoms with Gasteiger partial charge < -0.3 is 10.1 Å². The fourth-order valence-electron chi connectivity index (χ4n) is 2.23. The molecule has 0 saturated heterocycles. The van der Waals surface area contributed by atoms with Gasteiger partial charge in [0.05, 0.1) is 34.4 Å². The highest BCUT2D eigenvalue weighted by Crippen LogP contribution is 2.36. The number of nitrogens with one attached hydrogen (secondary N) is 1. The summed E-state index contributed by atoms with van der Waals surface area (Å²) in [7, 11) is 0. The van der Waals surface area contributed by atoms with Crippen LogP contribution >= 0.6 is 23.2 Å². The Morgan fingerprint density at radius 3 is 2.42 bits per heavy atom. The maximum Gasteiger partial charge on any atom is 0.338 e. The van der Waals surface area contributed by atoms with Crippen molar-refractivity contribution in [2.75, 3.05) is 24.6 Å². The van der Waals surface area contributed by atoms with E-state index in [0.29, 0.717) is 24.7 Å². The number of halogens is 2. The van der Waals surface area contributed by atoms with E-state index in [1.165, 1.54) is 17.0 Å². The van der Waals surface area contributed by atoms with Crippen molar-refractivity contribution in [1.82, 2.24) is 5.32 Å². The molecule has 0 spiro atoms. The van der Waals surface area contributed by atoms with Gasteiger partial charge >= 0.3 is 5.97 Å². The van der Waals surface area contributed by atoms with E-state index in [-0.39, 0.29) is 34.0 Å². The van der Waals surface area contributed by atoms with Crippen molar-refractivity contribution in [3.05, 3.63) is 27.7 Å². The first-order chi connectivity index (χ1) is 11.4. The number of hydrogen-bond donors (Lipinski definition) is 1. The van der Waals surface area contributed by atoms with Crippen molar-refractivity contribution in [3.8, 4) is 0 Å². The maximum absolute atomic E-state index is 12.7. The molecule has 0 unspecified atom stereocenters. The number of hydrogen-bond acceptors (Lipinski definition) is 5. The molecule has 6 nitrogen and oxygen atoms in total. The monoisotopic (exact) mass is 371 g/mol. The van der Waals surface area contributed by atoms with Gasteiger partial charge in [0, 0.05) is 12.5 Å². The lowest BCUT2D eigenvalue weighted by molar-refractivity contribution is -0.120. The predicted molar refractivity (Wildman–Crippen MR) is 95.0 cm³/mol. The molecule has 1 aromatic rings. The van der Waals surface area contributed by atoms with Crippen LogP contribution in [0, 0.1) is 5.92 Å². The van der Waals surface area contributed by atoms with E-state index in [4.69, 9.17) is 27.9 Å². The Balaban J connectivity index is 2.50. The van der Waals surface area contributed by atoms with Gasteiger partial charge in [-0.2, -0.15) is 0 Å². The summed E-state index contributed by atoms with van der Waals surface area (Å²) in [5.41, 5.74) is 0.534. The minimum absolute atomic E-state index is 0.177. The van der Waals surface area contributed by atoms with Crippen molar-refractivity contribution in [1.29, 1.82) is 0 Å². The van der Waals surface area contributed by atoms with Gasteiger partial charge in [0.2, 0.25) is 11.9 Å². The molecule has 0 atom stereocenters. The Bertz CT molecular complexity index is 666. The summed E-state index contributed by atoms with van der Waals surface area (Å²) in [5, 5.41) is 3.40. The van der Waals surface area contributed by atoms with Crippen LogP contribution in [-0.4, -0.2) is 37.5 Å². The molecular weight excluding hydrogens is 353 g/mol. The number of esters is 1. The molecule has 24 heavy (non-hydrogen) atoms. The molecule has 0 bridgehead atoms. The van der Waals surface area contributed by atoms with Crippen LogP contribution < -0.4 is 10.2 Å². The van der Waals surface area contributed by atoms with Crippen molar-refractivity contribution in [2.45, 2.75) is 20.8 Å². The first kappa shape index (κ1) is 18.5. The fourth-order valence-corrected chi connectivity index (χ4v) is 2.88. The van der Waals surface area contributed by atoms with Crippen molar-refractivity contribution in [3.63, 3.8) is 0 Å². The number of carbonyl (C=O) groups excluding carboxylic acids is 2. The Morgan fingerprint density at radius 2 is 1.96 bits per heavy atom. The van der Waals surface area contributed by atoms with E-state index in [9.17, 15) is 9.59 Å². The summed E-state index contributed by atoms with van der Waals surface area (Å²) in [6.07, 6.45) is 0. The summed E-state index contributed by atoms with van der Waals surface area (Å²) in [4.78, 5) is 30.2. The van der Waals surface area contributed by atoms with Gasteiger partial charge in [-0.05, 0) is 19.1 Å². The summed E-state index contributed by atoms with van der Waals surface area (Å²) < 4.78 is 4.95. The van der Waals surface area contributed by atoms with Gasteiger partial charge in [-0.25, -0.2) is 9.69 Å². The van der Waals surface area contributed by atoms with Crippen LogP contribution in [0.1, 0.15) is 31.1 Å². The highest BCUT2D eigenvalue weighted by atomic mass is 35.5. The van der Waals surface area contributed by atoms with E-state index in [1.54, 1.807) is 20.8 Å². The Kier molecular flexibility index (Phi) is 6.07. The molecule has 1 aliphatic rings. The largest absolute Gasteiger partial charge is 0.462 e. The van der Waals surface area contributed by atoms with Gasteiger partial charge in [0.15, 0.2) is 0 Å². The standard InChI is InChI=1S/C16H19Cl2N3O3/c1-4-24-15(23)10-7-11(17)13(12(18)8-10)21(14(22)9(2)3)16-19-5-6-20-16/h7-9H,4-6H2,1-3H3,(H,19,20). The smallest absolute Gasteiger partial charge is 0.338 e. The van der Waals surface area contributed by atoms with E-state index in [0.717, 1.165) is 0 Å². The number of ether oxygens (including phenoxy) is 1. The second-order valence-electron chi connectivity index (χ2n) is 5.47. The molecular formula is C16H19Cl2N3O3. The number of rotatable bonds is 4. The van der Waals surface area contributed by atoms with Gasteiger partial charge in [-0.3, -0.25) is 9.79 Å². The van der Waals surface area contributed by atoms with E-state index in [1.807, 2.05) is 0 Å². The number of anilines is 1. The number of benzene rings is 1. The Hall–Kier alpha value is -1.79. The summed E-state index contributed by atoms with van der Waals surface area (Å²) in [6, 6.07) is 2.88. The molecule has 1 N–H and O–H groups in total. The normalized spacial score (nSPS) is 13.5. The topological polar surface area (TPSA) is 71.0 Å². The van der Waals surface area contributed by atoms with Gasteiger partial charge in [-0.15, -0.1) is 0 Å². The zero-order chi connectivity index (χ0) is 17.9. The fraction of sp³-hybridized carbons (Fsp3) is 0.438. The Morgan fingerprint density at radius 1 is 1.33 bits per heavy atom. The third-order valence-electron chi connectivity index (χ3n) is 3.33. The highest BCUT2D eigenvalue weighted by Gasteiger charge is 2.30. The van der Waals surface area contributed by atoms with Crippen LogP contribution in [0.15, 0.2) is 17.1 Å². The number of amides is 1. The van der Waals surface area contributed by atoms with Crippen LogP contribution in [0.2, 0.25) is 10.0 Å². The lowest BCUT2D eigenvalue weighted by Crippen LogP contribution is -2.45. The quantitative estimate of drug-likeness (QED) is 0.825. The summed E-state index contributed by atoms with van der Waals surface area (Å²) in [5.74, 6) is -0.602. The SMILES string of the molecule is CCOC(=O)c1cc(Cl)c(N(C(=O)C(C)C)C2=NCCN2)c(Cl)c1. The number of carbonyl (C=O) groups is 2. The minimum Gasteiger partial charge on any atom is -0.462 e. The third kappa shape index (κ3) is 3.82. The predicted octanol–water partition coefficient (Wildman–Crippen LogP) is 3.12. The highest BCUT2D eigenvalue weighted by molar-refractivity contribution is 6.42. The molecule has 0 fully saturated rings. The lowest BCUT2D eigenvalue weighted by atomic mass is 10.1. The van der Waals surface area contributed by atoms with E-state index in [2.05, 4.69) is 10.3 Å². The van der Waals surface area contributed by atoms with E-state index < -0.39 is 5.97 Å². The van der Waals surface area contributed by atoms with E-state index >= 15 is 0 Å². The average molecular weight is 372 g/mol. The maximum atomic E-state index is 12.7. The molecule has 2 rings (SSSR count). The summed E-state index contributed by atoms with van der Waals surface area (Å²) >= 11 is 12.7. The second kappa shape index (κ2) is 7.85. The first-order valence-electron chi connectivity index (χ1n) is 7.65. The van der Waals surface area contributed by atoms with Crippen molar-refractivity contribution < 1.29 is 14.3 Å². The third-order valence-corrected chi connectivity index (χ3v) is 3.91. The number of guanidine groups is 1. The molecule has 1 heterocycles. The second-order valence-corrected chi connectivity index (χ2v) is 6.28. The van der Waals surface area contributed by atoms with Crippen LogP contribution in [-0.2, 0) is 9.53 Å². The lowest BCUT2D eigenvalue weighted by Gasteiger charge is -2.26. The average Bonchev–Trinajstić information content (AvgIpc) is 3.04. The molecule has 1 aliphatic heterocycles. The number of aliphatic imine (C=N–C) groups is 1. The molecule has 8 heteroatoms. The molecule has 0 aliphatic carbocycles.